The number of anilines is 1. The predicted molar refractivity (Wildman–Crippen MR) is 104 cm³/mol. The maximum absolute atomic E-state index is 12.3. The van der Waals surface area contributed by atoms with Gasteiger partial charge >= 0.3 is 0 Å². The molecule has 0 spiro atoms. The van der Waals surface area contributed by atoms with E-state index in [1.165, 1.54) is 34.0 Å². The number of carbonyl (C=O) groups excluding carboxylic acids is 1. The summed E-state index contributed by atoms with van der Waals surface area (Å²) in [7, 11) is 0. The number of quaternary nitrogens is 1. The Balaban J connectivity index is 1.54. The van der Waals surface area contributed by atoms with Crippen molar-refractivity contribution < 1.29 is 9.69 Å². The third-order valence-electron chi connectivity index (χ3n) is 5.01. The van der Waals surface area contributed by atoms with Crippen LogP contribution in [0.4, 0.5) is 5.13 Å². The maximum Gasteiger partial charge on any atom is 0.228 e. The SMILES string of the molecule is CCC(=O)N(c1nn(C[NH+]2CCC[C@@H]2c2cccs2)c(=S)s1)C1CC1. The number of amides is 1. The van der Waals surface area contributed by atoms with Crippen LogP contribution in [0.2, 0.25) is 0 Å². The van der Waals surface area contributed by atoms with E-state index in [0.717, 1.165) is 35.1 Å². The van der Waals surface area contributed by atoms with Crippen LogP contribution < -0.4 is 9.80 Å². The maximum atomic E-state index is 12.3. The highest BCUT2D eigenvalue weighted by atomic mass is 32.1. The molecule has 0 radical (unpaired) electrons. The van der Waals surface area contributed by atoms with E-state index < -0.39 is 0 Å². The van der Waals surface area contributed by atoms with Gasteiger partial charge in [0, 0.05) is 25.3 Å². The zero-order valence-electron chi connectivity index (χ0n) is 14.3. The first-order valence-electron chi connectivity index (χ1n) is 8.95. The Hall–Kier alpha value is -1.09. The zero-order chi connectivity index (χ0) is 17.4. The molecule has 1 saturated carbocycles. The third-order valence-corrected chi connectivity index (χ3v) is 7.30. The van der Waals surface area contributed by atoms with E-state index >= 15 is 0 Å². The number of aromatic nitrogens is 2. The van der Waals surface area contributed by atoms with Gasteiger partial charge in [0.2, 0.25) is 11.0 Å². The molecular weight excluding hydrogens is 372 g/mol. The van der Waals surface area contributed by atoms with Crippen molar-refractivity contribution in [1.29, 1.82) is 0 Å². The Kier molecular flexibility index (Phi) is 5.04. The average Bonchev–Trinajstić information content (AvgIpc) is 3.01. The first-order valence-corrected chi connectivity index (χ1v) is 11.1. The summed E-state index contributed by atoms with van der Waals surface area (Å²) in [5.74, 6) is 0.156. The van der Waals surface area contributed by atoms with E-state index in [1.807, 2.05) is 27.8 Å². The summed E-state index contributed by atoms with van der Waals surface area (Å²) in [6.45, 7) is 3.85. The molecule has 0 bridgehead atoms. The van der Waals surface area contributed by atoms with Crippen LogP contribution in [0.3, 0.4) is 0 Å². The quantitative estimate of drug-likeness (QED) is 0.765. The number of nitrogens with one attached hydrogen (secondary N) is 1. The van der Waals surface area contributed by atoms with E-state index in [-0.39, 0.29) is 5.91 Å². The largest absolute Gasteiger partial charge is 0.309 e. The van der Waals surface area contributed by atoms with Gasteiger partial charge < -0.3 is 4.90 Å². The molecule has 2 aromatic heterocycles. The highest BCUT2D eigenvalue weighted by Crippen LogP contribution is 2.33. The van der Waals surface area contributed by atoms with Gasteiger partial charge in [-0.3, -0.25) is 9.69 Å². The molecular formula is C17H23N4OS3+. The fraction of sp³-hybridized carbons (Fsp3) is 0.588. The molecule has 1 N–H and O–H groups in total. The van der Waals surface area contributed by atoms with Crippen LogP contribution in [0, 0.1) is 3.95 Å². The van der Waals surface area contributed by atoms with Gasteiger partial charge in [0.25, 0.3) is 0 Å². The van der Waals surface area contributed by atoms with Gasteiger partial charge in [-0.05, 0) is 36.5 Å². The molecule has 1 saturated heterocycles. The standard InChI is InChI=1S/C17H22N4OS3/c1-2-15(22)21(12-7-8-12)16-18-20(17(23)25-16)11-19-9-3-5-13(19)14-6-4-10-24-14/h4,6,10,12-13H,2-3,5,7-9,11H2,1H3/p+1/t13-/m1/s1. The molecule has 2 fully saturated rings. The van der Waals surface area contributed by atoms with Crippen molar-refractivity contribution in [2.24, 2.45) is 0 Å². The van der Waals surface area contributed by atoms with Crippen LogP contribution in [0.15, 0.2) is 17.5 Å². The fourth-order valence-corrected chi connectivity index (χ4v) is 5.69. The number of thiophene rings is 1. The Bertz CT molecular complexity index is 793. The van der Waals surface area contributed by atoms with E-state index in [0.29, 0.717) is 18.5 Å². The molecule has 1 amide bonds. The van der Waals surface area contributed by atoms with Gasteiger partial charge in [-0.2, -0.15) is 4.68 Å². The van der Waals surface area contributed by atoms with Crippen molar-refractivity contribution in [3.05, 3.63) is 26.3 Å². The molecule has 3 heterocycles. The summed E-state index contributed by atoms with van der Waals surface area (Å²) in [6.07, 6.45) is 5.14. The average molecular weight is 396 g/mol. The molecule has 2 aliphatic rings. The number of rotatable bonds is 6. The monoisotopic (exact) mass is 395 g/mol. The molecule has 25 heavy (non-hydrogen) atoms. The van der Waals surface area contributed by atoms with Crippen LogP contribution in [0.5, 0.6) is 0 Å². The summed E-state index contributed by atoms with van der Waals surface area (Å²) in [6, 6.07) is 5.25. The molecule has 1 unspecified atom stereocenters. The summed E-state index contributed by atoms with van der Waals surface area (Å²) in [5.41, 5.74) is 0. The lowest BCUT2D eigenvalue weighted by molar-refractivity contribution is -0.941. The second-order valence-electron chi connectivity index (χ2n) is 6.78. The highest BCUT2D eigenvalue weighted by Gasteiger charge is 2.36. The molecule has 134 valence electrons. The topological polar surface area (TPSA) is 42.6 Å². The molecule has 2 aromatic rings. The first kappa shape index (κ1) is 17.3. The molecule has 8 heteroatoms. The van der Waals surface area contributed by atoms with Gasteiger partial charge in [0.05, 0.1) is 11.4 Å². The van der Waals surface area contributed by atoms with Crippen molar-refractivity contribution in [2.75, 3.05) is 11.4 Å². The Labute approximate surface area is 160 Å². The van der Waals surface area contributed by atoms with Crippen molar-refractivity contribution in [3.8, 4) is 0 Å². The molecule has 1 aliphatic carbocycles. The van der Waals surface area contributed by atoms with Gasteiger partial charge in [0.15, 0.2) is 10.6 Å². The molecule has 4 rings (SSSR count). The molecule has 2 atom stereocenters. The van der Waals surface area contributed by atoms with Crippen molar-refractivity contribution in [2.45, 2.75) is 57.8 Å². The van der Waals surface area contributed by atoms with Crippen LogP contribution in [0.1, 0.15) is 49.9 Å². The summed E-state index contributed by atoms with van der Waals surface area (Å²) in [4.78, 5) is 17.2. The van der Waals surface area contributed by atoms with Crippen LogP contribution >= 0.6 is 34.9 Å². The van der Waals surface area contributed by atoms with E-state index in [1.54, 1.807) is 0 Å². The lowest BCUT2D eigenvalue weighted by atomic mass is 10.2. The summed E-state index contributed by atoms with van der Waals surface area (Å²) < 4.78 is 2.71. The lowest BCUT2D eigenvalue weighted by Crippen LogP contribution is -3.09. The third kappa shape index (κ3) is 3.58. The fourth-order valence-electron chi connectivity index (χ4n) is 3.59. The second-order valence-corrected chi connectivity index (χ2v) is 9.36. The lowest BCUT2D eigenvalue weighted by Gasteiger charge is -2.20. The van der Waals surface area contributed by atoms with Crippen molar-refractivity contribution >= 4 is 45.9 Å². The summed E-state index contributed by atoms with van der Waals surface area (Å²) >= 11 is 8.88. The molecule has 5 nitrogen and oxygen atoms in total. The number of hydrogen-bond acceptors (Lipinski definition) is 5. The Morgan fingerprint density at radius 1 is 1.48 bits per heavy atom. The predicted octanol–water partition coefficient (Wildman–Crippen LogP) is 3.02. The van der Waals surface area contributed by atoms with E-state index in [9.17, 15) is 4.79 Å². The van der Waals surface area contributed by atoms with Gasteiger partial charge in [0.1, 0.15) is 6.04 Å². The van der Waals surface area contributed by atoms with Crippen LogP contribution in [-0.4, -0.2) is 28.3 Å². The number of carbonyl (C=O) groups is 1. The van der Waals surface area contributed by atoms with Crippen LogP contribution in [0.25, 0.3) is 0 Å². The van der Waals surface area contributed by atoms with Crippen molar-refractivity contribution in [3.63, 3.8) is 0 Å². The summed E-state index contributed by atoms with van der Waals surface area (Å²) in [5, 5.41) is 7.68. The Morgan fingerprint density at radius 3 is 3.00 bits per heavy atom. The van der Waals surface area contributed by atoms with Crippen LogP contribution in [-0.2, 0) is 11.5 Å². The van der Waals surface area contributed by atoms with E-state index in [4.69, 9.17) is 17.3 Å². The highest BCUT2D eigenvalue weighted by molar-refractivity contribution is 7.73. The van der Waals surface area contributed by atoms with E-state index in [2.05, 4.69) is 17.5 Å². The van der Waals surface area contributed by atoms with Gasteiger partial charge in [-0.15, -0.1) is 16.4 Å². The molecule has 0 aromatic carbocycles. The number of nitrogens with zero attached hydrogens (tertiary/aromatic N) is 3. The molecule has 1 aliphatic heterocycles. The second kappa shape index (κ2) is 7.26. The van der Waals surface area contributed by atoms with Crippen molar-refractivity contribution in [1.82, 2.24) is 9.78 Å². The zero-order valence-corrected chi connectivity index (χ0v) is 16.8. The number of hydrogen-bond donors (Lipinski definition) is 1. The minimum absolute atomic E-state index is 0.156. The van der Waals surface area contributed by atoms with Gasteiger partial charge in [-0.25, -0.2) is 0 Å². The first-order chi connectivity index (χ1) is 12.2. The van der Waals surface area contributed by atoms with Gasteiger partial charge in [-0.1, -0.05) is 24.3 Å². The minimum Gasteiger partial charge on any atom is -0.309 e. The minimum atomic E-state index is 0.156. The normalized spacial score (nSPS) is 23.1. The number of likely N-dealkylation sites (tertiary alicyclic amines) is 1. The smallest absolute Gasteiger partial charge is 0.228 e. The Morgan fingerprint density at radius 2 is 2.32 bits per heavy atom.